The third-order valence-corrected chi connectivity index (χ3v) is 3.25. The summed E-state index contributed by atoms with van der Waals surface area (Å²) in [4.78, 5) is 22.5. The monoisotopic (exact) mass is 267 g/mol. The van der Waals surface area contributed by atoms with Gasteiger partial charge in [-0.25, -0.2) is 0 Å². The van der Waals surface area contributed by atoms with Crippen LogP contribution in [0.2, 0.25) is 0 Å². The van der Waals surface area contributed by atoms with Crippen molar-refractivity contribution < 1.29 is 14.3 Å². The first kappa shape index (κ1) is 14.6. The average Bonchev–Trinajstić information content (AvgIpc) is 2.33. The summed E-state index contributed by atoms with van der Waals surface area (Å²) < 4.78 is 4.49. The topological polar surface area (TPSA) is 55.4 Å². The minimum absolute atomic E-state index is 0.113. The van der Waals surface area contributed by atoms with Gasteiger partial charge >= 0.3 is 5.97 Å². The Balaban J connectivity index is 2.44. The predicted molar refractivity (Wildman–Crippen MR) is 73.9 cm³/mol. The molecule has 5 heteroatoms. The Morgan fingerprint density at radius 2 is 2.00 bits per heavy atom. The Hall–Kier alpha value is -1.49. The third-order valence-electron chi connectivity index (χ3n) is 2.35. The van der Waals surface area contributed by atoms with E-state index in [9.17, 15) is 9.59 Å². The highest BCUT2D eigenvalue weighted by atomic mass is 32.2. The first-order valence-electron chi connectivity index (χ1n) is 5.54. The number of rotatable bonds is 5. The van der Waals surface area contributed by atoms with E-state index in [1.807, 2.05) is 32.0 Å². The van der Waals surface area contributed by atoms with Gasteiger partial charge in [0.05, 0.1) is 18.6 Å². The molecule has 1 amide bonds. The summed E-state index contributed by atoms with van der Waals surface area (Å²) in [5.41, 5.74) is 2.93. The normalized spacial score (nSPS) is 9.94. The van der Waals surface area contributed by atoms with Crippen LogP contribution in [0.15, 0.2) is 18.2 Å². The van der Waals surface area contributed by atoms with Crippen LogP contribution in [0.1, 0.15) is 11.1 Å². The Morgan fingerprint density at radius 1 is 1.28 bits per heavy atom. The molecule has 0 saturated carbocycles. The lowest BCUT2D eigenvalue weighted by molar-refractivity contribution is -0.137. The van der Waals surface area contributed by atoms with Crippen LogP contribution in [0.3, 0.4) is 0 Å². The van der Waals surface area contributed by atoms with Gasteiger partial charge in [-0.15, -0.1) is 11.8 Å². The fraction of sp³-hybridized carbons (Fsp3) is 0.385. The van der Waals surface area contributed by atoms with Crippen LogP contribution in [0.4, 0.5) is 5.69 Å². The standard InChI is InChI=1S/C13H17NO3S/c1-9-4-5-10(2)11(6-9)14-12(15)7-18-8-13(16)17-3/h4-6H,7-8H2,1-3H3,(H,14,15). The number of carbonyl (C=O) groups is 2. The average molecular weight is 267 g/mol. The molecule has 98 valence electrons. The molecule has 0 heterocycles. The quantitative estimate of drug-likeness (QED) is 0.831. The van der Waals surface area contributed by atoms with Crippen LogP contribution in [0.5, 0.6) is 0 Å². The molecule has 0 aliphatic heterocycles. The minimum Gasteiger partial charge on any atom is -0.468 e. The number of hydrogen-bond acceptors (Lipinski definition) is 4. The van der Waals surface area contributed by atoms with Gasteiger partial charge in [0, 0.05) is 5.69 Å². The minimum atomic E-state index is -0.320. The van der Waals surface area contributed by atoms with Gasteiger partial charge in [-0.2, -0.15) is 0 Å². The summed E-state index contributed by atoms with van der Waals surface area (Å²) in [5, 5.41) is 2.83. The van der Waals surface area contributed by atoms with Gasteiger partial charge in [-0.05, 0) is 31.0 Å². The lowest BCUT2D eigenvalue weighted by Gasteiger charge is -2.09. The van der Waals surface area contributed by atoms with Crippen molar-refractivity contribution in [3.05, 3.63) is 29.3 Å². The summed E-state index contributed by atoms with van der Waals surface area (Å²) in [6.07, 6.45) is 0. The summed E-state index contributed by atoms with van der Waals surface area (Å²) in [5.74, 6) is -0.00344. The highest BCUT2D eigenvalue weighted by Gasteiger charge is 2.07. The fourth-order valence-electron chi connectivity index (χ4n) is 1.34. The predicted octanol–water partition coefficient (Wildman–Crippen LogP) is 2.15. The molecule has 0 spiro atoms. The van der Waals surface area contributed by atoms with Gasteiger partial charge in [-0.1, -0.05) is 12.1 Å². The SMILES string of the molecule is COC(=O)CSCC(=O)Nc1cc(C)ccc1C. The molecule has 0 saturated heterocycles. The molecular formula is C13H17NO3S. The van der Waals surface area contributed by atoms with Crippen LogP contribution in [-0.4, -0.2) is 30.5 Å². The number of thioether (sulfide) groups is 1. The number of esters is 1. The highest BCUT2D eigenvalue weighted by Crippen LogP contribution is 2.16. The number of hydrogen-bond donors (Lipinski definition) is 1. The van der Waals surface area contributed by atoms with Gasteiger partial charge in [0.15, 0.2) is 0 Å². The summed E-state index contributed by atoms with van der Waals surface area (Å²) >= 11 is 1.24. The maximum atomic E-state index is 11.7. The smallest absolute Gasteiger partial charge is 0.315 e. The second-order valence-electron chi connectivity index (χ2n) is 3.94. The van der Waals surface area contributed by atoms with Crippen molar-refractivity contribution in [1.82, 2.24) is 0 Å². The number of amides is 1. The summed E-state index contributed by atoms with van der Waals surface area (Å²) in [6.45, 7) is 3.91. The molecule has 0 unspecified atom stereocenters. The van der Waals surface area contributed by atoms with Crippen molar-refractivity contribution >= 4 is 29.3 Å². The molecule has 0 bridgehead atoms. The molecule has 1 aromatic rings. The Bertz CT molecular complexity index is 446. The number of nitrogens with one attached hydrogen (secondary N) is 1. The molecule has 0 aromatic heterocycles. The zero-order valence-corrected chi connectivity index (χ0v) is 11.6. The molecule has 1 aromatic carbocycles. The molecule has 4 nitrogen and oxygen atoms in total. The van der Waals surface area contributed by atoms with Gasteiger partial charge in [0.25, 0.3) is 0 Å². The van der Waals surface area contributed by atoms with Gasteiger partial charge in [0.2, 0.25) is 5.91 Å². The van der Waals surface area contributed by atoms with E-state index < -0.39 is 0 Å². The number of ether oxygens (including phenoxy) is 1. The van der Waals surface area contributed by atoms with Gasteiger partial charge < -0.3 is 10.1 Å². The van der Waals surface area contributed by atoms with Crippen molar-refractivity contribution in [2.45, 2.75) is 13.8 Å². The zero-order chi connectivity index (χ0) is 13.5. The third kappa shape index (κ3) is 4.79. The van der Waals surface area contributed by atoms with Crippen LogP contribution in [-0.2, 0) is 14.3 Å². The summed E-state index contributed by atoms with van der Waals surface area (Å²) in [6, 6.07) is 5.89. The second kappa shape index (κ2) is 7.06. The number of carbonyl (C=O) groups excluding carboxylic acids is 2. The van der Waals surface area contributed by atoms with Crippen molar-refractivity contribution in [2.75, 3.05) is 23.9 Å². The Labute approximate surface area is 111 Å². The van der Waals surface area contributed by atoms with E-state index in [0.29, 0.717) is 0 Å². The maximum Gasteiger partial charge on any atom is 0.315 e. The molecular weight excluding hydrogens is 250 g/mol. The van der Waals surface area contributed by atoms with E-state index in [1.54, 1.807) is 0 Å². The summed E-state index contributed by atoms with van der Waals surface area (Å²) in [7, 11) is 1.33. The Kier molecular flexibility index (Phi) is 5.71. The molecule has 0 aliphatic rings. The van der Waals surface area contributed by atoms with E-state index in [1.165, 1.54) is 18.9 Å². The van der Waals surface area contributed by atoms with E-state index in [4.69, 9.17) is 0 Å². The van der Waals surface area contributed by atoms with E-state index in [0.717, 1.165) is 16.8 Å². The molecule has 0 radical (unpaired) electrons. The van der Waals surface area contributed by atoms with Crippen molar-refractivity contribution in [2.24, 2.45) is 0 Å². The molecule has 18 heavy (non-hydrogen) atoms. The second-order valence-corrected chi connectivity index (χ2v) is 4.92. The number of methoxy groups -OCH3 is 1. The Morgan fingerprint density at radius 3 is 2.67 bits per heavy atom. The van der Waals surface area contributed by atoms with Crippen LogP contribution in [0.25, 0.3) is 0 Å². The van der Waals surface area contributed by atoms with E-state index in [2.05, 4.69) is 10.1 Å². The van der Waals surface area contributed by atoms with E-state index >= 15 is 0 Å². The zero-order valence-electron chi connectivity index (χ0n) is 10.8. The van der Waals surface area contributed by atoms with Crippen molar-refractivity contribution in [3.63, 3.8) is 0 Å². The lowest BCUT2D eigenvalue weighted by atomic mass is 10.1. The van der Waals surface area contributed by atoms with Crippen LogP contribution >= 0.6 is 11.8 Å². The number of benzene rings is 1. The lowest BCUT2D eigenvalue weighted by Crippen LogP contribution is -2.16. The van der Waals surface area contributed by atoms with Gasteiger partial charge in [-0.3, -0.25) is 9.59 Å². The number of anilines is 1. The van der Waals surface area contributed by atoms with Crippen LogP contribution in [0, 0.1) is 13.8 Å². The molecule has 1 rings (SSSR count). The van der Waals surface area contributed by atoms with Crippen LogP contribution < -0.4 is 5.32 Å². The number of aryl methyl sites for hydroxylation is 2. The van der Waals surface area contributed by atoms with Crippen molar-refractivity contribution in [1.29, 1.82) is 0 Å². The maximum absolute atomic E-state index is 11.7. The first-order chi connectivity index (χ1) is 8.52. The highest BCUT2D eigenvalue weighted by molar-refractivity contribution is 8.00. The first-order valence-corrected chi connectivity index (χ1v) is 6.70. The fourth-order valence-corrected chi connectivity index (χ4v) is 1.99. The van der Waals surface area contributed by atoms with Crippen molar-refractivity contribution in [3.8, 4) is 0 Å². The molecule has 0 atom stereocenters. The largest absolute Gasteiger partial charge is 0.468 e. The molecule has 0 fully saturated rings. The molecule has 1 N–H and O–H groups in total. The van der Waals surface area contributed by atoms with E-state index in [-0.39, 0.29) is 23.4 Å². The molecule has 0 aliphatic carbocycles. The van der Waals surface area contributed by atoms with Gasteiger partial charge in [0.1, 0.15) is 0 Å².